The number of aromatic nitrogens is 2. The number of allylic oxidation sites excluding steroid dienone is 2. The Labute approximate surface area is 189 Å². The number of carbonyl (C=O) groups excluding carboxylic acids is 4. The van der Waals surface area contributed by atoms with Crippen LogP contribution in [-0.2, 0) is 32.7 Å². The number of ether oxygens (including phenoxy) is 1. The van der Waals surface area contributed by atoms with E-state index in [9.17, 15) is 28.8 Å². The van der Waals surface area contributed by atoms with Crippen molar-refractivity contribution >= 4 is 29.4 Å². The number of carbonyl (C=O) groups is 4. The van der Waals surface area contributed by atoms with Gasteiger partial charge in [-0.3, -0.25) is 38.0 Å². The molecule has 1 fully saturated rings. The Hall–Kier alpha value is -3.50. The third kappa shape index (κ3) is 4.67. The van der Waals surface area contributed by atoms with E-state index in [4.69, 9.17) is 10.5 Å². The quantitative estimate of drug-likeness (QED) is 0.243. The van der Waals surface area contributed by atoms with Gasteiger partial charge in [0.25, 0.3) is 5.56 Å². The number of hydrogen-bond donors (Lipinski definition) is 1. The van der Waals surface area contributed by atoms with Crippen molar-refractivity contribution in [2.45, 2.75) is 39.7 Å². The SMILES string of the molecule is CC(C)Cn1c(N)c(C(=O)COC(=O)CCN2C(=O)C3CC=CCC3C2=O)c(=O)n(C)c1=O. The predicted octanol–water partition coefficient (Wildman–Crippen LogP) is -0.148. The van der Waals surface area contributed by atoms with Crippen LogP contribution in [-0.4, -0.2) is 50.8 Å². The maximum atomic E-state index is 12.6. The maximum absolute atomic E-state index is 12.6. The third-order valence-electron chi connectivity index (χ3n) is 5.91. The summed E-state index contributed by atoms with van der Waals surface area (Å²) in [7, 11) is 1.24. The number of ketones is 1. The van der Waals surface area contributed by atoms with Crippen LogP contribution in [0.2, 0.25) is 0 Å². The summed E-state index contributed by atoms with van der Waals surface area (Å²) in [4.78, 5) is 75.5. The fourth-order valence-corrected chi connectivity index (χ4v) is 4.17. The molecule has 11 nitrogen and oxygen atoms in total. The van der Waals surface area contributed by atoms with Gasteiger partial charge >= 0.3 is 11.7 Å². The van der Waals surface area contributed by atoms with Gasteiger partial charge in [0, 0.05) is 20.1 Å². The number of nitrogen functional groups attached to an aromatic ring is 1. The molecule has 1 aromatic rings. The number of fused-ring (bicyclic) bond motifs is 1. The van der Waals surface area contributed by atoms with E-state index in [1.165, 1.54) is 7.05 Å². The Balaban J connectivity index is 1.63. The summed E-state index contributed by atoms with van der Waals surface area (Å²) < 4.78 is 6.89. The molecule has 11 heteroatoms. The van der Waals surface area contributed by atoms with E-state index in [2.05, 4.69) is 0 Å². The van der Waals surface area contributed by atoms with Gasteiger partial charge in [0.05, 0.1) is 18.3 Å². The van der Waals surface area contributed by atoms with Gasteiger partial charge in [-0.05, 0) is 18.8 Å². The van der Waals surface area contributed by atoms with Crippen LogP contribution in [0.3, 0.4) is 0 Å². The van der Waals surface area contributed by atoms with Gasteiger partial charge in [0.15, 0.2) is 6.61 Å². The van der Waals surface area contributed by atoms with Gasteiger partial charge in [-0.15, -0.1) is 0 Å². The van der Waals surface area contributed by atoms with Crippen LogP contribution in [0.4, 0.5) is 5.82 Å². The zero-order valence-corrected chi connectivity index (χ0v) is 18.9. The standard InChI is InChI=1S/C22H28N4O7/c1-12(2)10-26-18(23)17(21(31)24(3)22(26)32)15(27)11-33-16(28)8-9-25-19(29)13-6-4-5-7-14(13)20(25)30/h4-5,12-14H,6-11,23H2,1-3H3. The number of amides is 2. The van der Waals surface area contributed by atoms with Crippen LogP contribution in [0.5, 0.6) is 0 Å². The van der Waals surface area contributed by atoms with Gasteiger partial charge in [0.2, 0.25) is 17.6 Å². The largest absolute Gasteiger partial charge is 0.457 e. The smallest absolute Gasteiger partial charge is 0.332 e. The van der Waals surface area contributed by atoms with Crippen molar-refractivity contribution in [3.05, 3.63) is 38.6 Å². The average Bonchev–Trinajstić information content (AvgIpc) is 3.02. The molecule has 1 aliphatic carbocycles. The Kier molecular flexibility index (Phi) is 6.99. The first kappa shape index (κ1) is 24.1. The minimum atomic E-state index is -0.872. The number of likely N-dealkylation sites (tertiary alicyclic amines) is 1. The third-order valence-corrected chi connectivity index (χ3v) is 5.91. The highest BCUT2D eigenvalue weighted by atomic mass is 16.5. The van der Waals surface area contributed by atoms with E-state index >= 15 is 0 Å². The molecule has 0 spiro atoms. The number of nitrogens with two attached hydrogens (primary N) is 1. The molecule has 0 saturated carbocycles. The van der Waals surface area contributed by atoms with Crippen LogP contribution < -0.4 is 17.0 Å². The molecule has 33 heavy (non-hydrogen) atoms. The number of esters is 1. The summed E-state index contributed by atoms with van der Waals surface area (Å²) in [5.74, 6) is -3.28. The Morgan fingerprint density at radius 2 is 1.67 bits per heavy atom. The van der Waals surface area contributed by atoms with Crippen LogP contribution >= 0.6 is 0 Å². The second-order valence-electron chi connectivity index (χ2n) is 8.73. The molecule has 1 saturated heterocycles. The number of imide groups is 1. The highest BCUT2D eigenvalue weighted by Gasteiger charge is 2.47. The second-order valence-corrected chi connectivity index (χ2v) is 8.73. The van der Waals surface area contributed by atoms with Gasteiger partial charge < -0.3 is 10.5 Å². The molecule has 0 aromatic carbocycles. The second kappa shape index (κ2) is 9.55. The number of Topliss-reactive ketones (excluding diaryl/α,β-unsaturated/α-hetero) is 1. The lowest BCUT2D eigenvalue weighted by Crippen LogP contribution is -2.43. The van der Waals surface area contributed by atoms with Crippen molar-refractivity contribution in [3.8, 4) is 0 Å². The summed E-state index contributed by atoms with van der Waals surface area (Å²) >= 11 is 0. The van der Waals surface area contributed by atoms with E-state index in [0.717, 1.165) is 14.0 Å². The molecule has 1 aliphatic heterocycles. The Morgan fingerprint density at radius 1 is 1.09 bits per heavy atom. The van der Waals surface area contributed by atoms with E-state index in [0.29, 0.717) is 12.8 Å². The molecule has 178 valence electrons. The van der Waals surface area contributed by atoms with Gasteiger partial charge in [-0.1, -0.05) is 26.0 Å². The normalized spacial score (nSPS) is 19.8. The lowest BCUT2D eigenvalue weighted by molar-refractivity contribution is -0.145. The van der Waals surface area contributed by atoms with E-state index in [-0.39, 0.29) is 54.9 Å². The van der Waals surface area contributed by atoms with Crippen molar-refractivity contribution in [1.29, 1.82) is 0 Å². The first-order valence-electron chi connectivity index (χ1n) is 10.8. The molecule has 0 bridgehead atoms. The van der Waals surface area contributed by atoms with Gasteiger partial charge in [0.1, 0.15) is 11.4 Å². The van der Waals surface area contributed by atoms with Crippen LogP contribution in [0, 0.1) is 17.8 Å². The molecular formula is C22H28N4O7. The Bertz CT molecular complexity index is 1120. The summed E-state index contributed by atoms with van der Waals surface area (Å²) in [6, 6.07) is 0. The first-order valence-corrected chi connectivity index (χ1v) is 10.8. The fraction of sp³-hybridized carbons (Fsp3) is 0.545. The molecular weight excluding hydrogens is 432 g/mol. The number of rotatable bonds is 8. The molecule has 2 unspecified atom stereocenters. The molecule has 2 atom stereocenters. The molecule has 2 amide bonds. The monoisotopic (exact) mass is 460 g/mol. The predicted molar refractivity (Wildman–Crippen MR) is 117 cm³/mol. The van der Waals surface area contributed by atoms with Crippen LogP contribution in [0.1, 0.15) is 43.5 Å². The minimum absolute atomic E-state index is 0.0268. The summed E-state index contributed by atoms with van der Waals surface area (Å²) in [6.07, 6.45) is 4.46. The van der Waals surface area contributed by atoms with Crippen LogP contribution in [0.15, 0.2) is 21.7 Å². The highest BCUT2D eigenvalue weighted by Crippen LogP contribution is 2.35. The van der Waals surface area contributed by atoms with Gasteiger partial charge in [-0.2, -0.15) is 0 Å². The number of hydrogen-bond acceptors (Lipinski definition) is 8. The molecule has 3 rings (SSSR count). The highest BCUT2D eigenvalue weighted by molar-refractivity contribution is 6.05. The zero-order chi connectivity index (χ0) is 24.4. The first-order chi connectivity index (χ1) is 15.5. The average molecular weight is 460 g/mol. The molecule has 0 radical (unpaired) electrons. The van der Waals surface area contributed by atoms with E-state index < -0.39 is 35.2 Å². The zero-order valence-electron chi connectivity index (χ0n) is 18.9. The lowest BCUT2D eigenvalue weighted by atomic mass is 9.85. The van der Waals surface area contributed by atoms with Crippen molar-refractivity contribution in [1.82, 2.24) is 14.0 Å². The number of nitrogens with zero attached hydrogens (tertiary/aromatic N) is 3. The lowest BCUT2D eigenvalue weighted by Gasteiger charge is -2.16. The Morgan fingerprint density at radius 3 is 2.21 bits per heavy atom. The minimum Gasteiger partial charge on any atom is -0.457 e. The van der Waals surface area contributed by atoms with Crippen LogP contribution in [0.25, 0.3) is 0 Å². The number of anilines is 1. The van der Waals surface area contributed by atoms with Crippen molar-refractivity contribution in [2.24, 2.45) is 24.8 Å². The van der Waals surface area contributed by atoms with Crippen molar-refractivity contribution in [3.63, 3.8) is 0 Å². The molecule has 2 heterocycles. The van der Waals surface area contributed by atoms with E-state index in [1.807, 2.05) is 26.0 Å². The summed E-state index contributed by atoms with van der Waals surface area (Å²) in [6.45, 7) is 3.01. The summed E-state index contributed by atoms with van der Waals surface area (Å²) in [5, 5.41) is 0. The van der Waals surface area contributed by atoms with Crippen molar-refractivity contribution < 1.29 is 23.9 Å². The van der Waals surface area contributed by atoms with Gasteiger partial charge in [-0.25, -0.2) is 4.79 Å². The maximum Gasteiger partial charge on any atom is 0.332 e. The molecule has 1 aromatic heterocycles. The molecule has 2 N–H and O–H groups in total. The molecule has 2 aliphatic rings. The van der Waals surface area contributed by atoms with E-state index in [1.54, 1.807) is 0 Å². The van der Waals surface area contributed by atoms with Crippen molar-refractivity contribution in [2.75, 3.05) is 18.9 Å². The fourth-order valence-electron chi connectivity index (χ4n) is 4.17. The topological polar surface area (TPSA) is 151 Å². The summed E-state index contributed by atoms with van der Waals surface area (Å²) in [5.41, 5.74) is 4.00.